The standard InChI is InChI=1S/C15H24F2N2/c1-3-7-19(8-4-2)11-13(10-18)12-5-6-14(16)15(17)9-12/h5-6,9,13H,3-4,7-8,10-11,18H2,1-2H3. The summed E-state index contributed by atoms with van der Waals surface area (Å²) in [5, 5.41) is 0. The van der Waals surface area contributed by atoms with Crippen molar-refractivity contribution < 1.29 is 8.78 Å². The Kier molecular flexibility index (Phi) is 6.95. The van der Waals surface area contributed by atoms with Crippen molar-refractivity contribution in [3.63, 3.8) is 0 Å². The van der Waals surface area contributed by atoms with Gasteiger partial charge < -0.3 is 10.6 Å². The highest BCUT2D eigenvalue weighted by atomic mass is 19.2. The number of hydrogen-bond acceptors (Lipinski definition) is 2. The van der Waals surface area contributed by atoms with Crippen molar-refractivity contribution in [2.45, 2.75) is 32.6 Å². The van der Waals surface area contributed by atoms with Crippen molar-refractivity contribution in [2.24, 2.45) is 5.73 Å². The van der Waals surface area contributed by atoms with E-state index in [-0.39, 0.29) is 5.92 Å². The van der Waals surface area contributed by atoms with Crippen LogP contribution in [0.3, 0.4) is 0 Å². The van der Waals surface area contributed by atoms with Gasteiger partial charge in [0.1, 0.15) is 0 Å². The minimum Gasteiger partial charge on any atom is -0.330 e. The molecule has 1 unspecified atom stereocenters. The highest BCUT2D eigenvalue weighted by Crippen LogP contribution is 2.19. The monoisotopic (exact) mass is 270 g/mol. The molecule has 2 N–H and O–H groups in total. The first kappa shape index (κ1) is 16.1. The van der Waals surface area contributed by atoms with Gasteiger partial charge in [0.25, 0.3) is 0 Å². The molecule has 0 saturated carbocycles. The summed E-state index contributed by atoms with van der Waals surface area (Å²) in [5.74, 6) is -1.56. The van der Waals surface area contributed by atoms with Crippen LogP contribution < -0.4 is 5.73 Å². The van der Waals surface area contributed by atoms with Gasteiger partial charge in [-0.25, -0.2) is 8.78 Å². The number of nitrogens with two attached hydrogens (primary N) is 1. The Morgan fingerprint density at radius 3 is 2.21 bits per heavy atom. The summed E-state index contributed by atoms with van der Waals surface area (Å²) >= 11 is 0. The molecule has 0 fully saturated rings. The second-order valence-corrected chi connectivity index (χ2v) is 4.91. The molecule has 0 amide bonds. The Hall–Kier alpha value is -1.00. The average molecular weight is 270 g/mol. The zero-order chi connectivity index (χ0) is 14.3. The number of nitrogens with zero attached hydrogens (tertiary/aromatic N) is 1. The summed E-state index contributed by atoms with van der Waals surface area (Å²) in [5.41, 5.74) is 6.57. The normalized spacial score (nSPS) is 12.9. The Labute approximate surface area is 114 Å². The van der Waals surface area contributed by atoms with Crippen molar-refractivity contribution >= 4 is 0 Å². The molecule has 1 atom stereocenters. The molecule has 0 aliphatic rings. The van der Waals surface area contributed by atoms with Gasteiger partial charge in [-0.05, 0) is 43.6 Å². The molecular formula is C15H24F2N2. The van der Waals surface area contributed by atoms with Gasteiger partial charge in [0.05, 0.1) is 0 Å². The highest BCUT2D eigenvalue weighted by Gasteiger charge is 2.15. The van der Waals surface area contributed by atoms with Gasteiger partial charge in [0.2, 0.25) is 0 Å². The van der Waals surface area contributed by atoms with E-state index >= 15 is 0 Å². The smallest absolute Gasteiger partial charge is 0.159 e. The van der Waals surface area contributed by atoms with Crippen LogP contribution in [-0.2, 0) is 0 Å². The SMILES string of the molecule is CCCN(CCC)CC(CN)c1ccc(F)c(F)c1. The molecular weight excluding hydrogens is 246 g/mol. The fourth-order valence-electron chi connectivity index (χ4n) is 2.32. The van der Waals surface area contributed by atoms with Crippen molar-refractivity contribution in [1.29, 1.82) is 0 Å². The quantitative estimate of drug-likeness (QED) is 0.786. The van der Waals surface area contributed by atoms with Crippen LogP contribution in [0.5, 0.6) is 0 Å². The molecule has 1 aromatic rings. The Balaban J connectivity index is 2.77. The van der Waals surface area contributed by atoms with E-state index in [9.17, 15) is 8.78 Å². The van der Waals surface area contributed by atoms with Crippen LogP contribution in [0.4, 0.5) is 8.78 Å². The van der Waals surface area contributed by atoms with Crippen molar-refractivity contribution in [3.05, 3.63) is 35.4 Å². The maximum Gasteiger partial charge on any atom is 0.159 e. The molecule has 1 rings (SSSR count). The maximum absolute atomic E-state index is 13.3. The van der Waals surface area contributed by atoms with E-state index in [0.717, 1.165) is 38.0 Å². The van der Waals surface area contributed by atoms with Crippen molar-refractivity contribution in [1.82, 2.24) is 4.90 Å². The Morgan fingerprint density at radius 2 is 1.74 bits per heavy atom. The van der Waals surface area contributed by atoms with Crippen LogP contribution in [-0.4, -0.2) is 31.1 Å². The molecule has 108 valence electrons. The second-order valence-electron chi connectivity index (χ2n) is 4.91. The first-order chi connectivity index (χ1) is 9.12. The predicted octanol–water partition coefficient (Wildman–Crippen LogP) is 3.13. The first-order valence-corrected chi connectivity index (χ1v) is 6.99. The summed E-state index contributed by atoms with van der Waals surface area (Å²) < 4.78 is 26.2. The molecule has 0 radical (unpaired) electrons. The predicted molar refractivity (Wildman–Crippen MR) is 75.2 cm³/mol. The van der Waals surface area contributed by atoms with Gasteiger partial charge in [-0.15, -0.1) is 0 Å². The van der Waals surface area contributed by atoms with Crippen LogP contribution in [0.15, 0.2) is 18.2 Å². The molecule has 0 aromatic heterocycles. The first-order valence-electron chi connectivity index (χ1n) is 6.99. The van der Waals surface area contributed by atoms with Gasteiger partial charge in [0.15, 0.2) is 11.6 Å². The number of halogens is 2. The van der Waals surface area contributed by atoms with E-state index in [1.807, 2.05) is 0 Å². The third-order valence-corrected chi connectivity index (χ3v) is 3.26. The van der Waals surface area contributed by atoms with Crippen LogP contribution in [0.1, 0.15) is 38.2 Å². The Bertz CT molecular complexity index is 376. The van der Waals surface area contributed by atoms with E-state index in [0.29, 0.717) is 6.54 Å². The molecule has 0 heterocycles. The molecule has 0 aliphatic heterocycles. The maximum atomic E-state index is 13.3. The van der Waals surface area contributed by atoms with Crippen LogP contribution >= 0.6 is 0 Å². The van der Waals surface area contributed by atoms with E-state index in [2.05, 4.69) is 18.7 Å². The third-order valence-electron chi connectivity index (χ3n) is 3.26. The minimum atomic E-state index is -0.807. The number of rotatable bonds is 8. The zero-order valence-electron chi connectivity index (χ0n) is 11.8. The van der Waals surface area contributed by atoms with Crippen LogP contribution in [0.2, 0.25) is 0 Å². The lowest BCUT2D eigenvalue weighted by atomic mass is 9.98. The van der Waals surface area contributed by atoms with Crippen molar-refractivity contribution in [2.75, 3.05) is 26.2 Å². The zero-order valence-corrected chi connectivity index (χ0v) is 11.8. The van der Waals surface area contributed by atoms with Gasteiger partial charge >= 0.3 is 0 Å². The van der Waals surface area contributed by atoms with E-state index in [1.54, 1.807) is 6.07 Å². The molecule has 2 nitrogen and oxygen atoms in total. The molecule has 0 aliphatic carbocycles. The number of benzene rings is 1. The van der Waals surface area contributed by atoms with Crippen LogP contribution in [0.25, 0.3) is 0 Å². The fraction of sp³-hybridized carbons (Fsp3) is 0.600. The van der Waals surface area contributed by atoms with Crippen molar-refractivity contribution in [3.8, 4) is 0 Å². The lowest BCUT2D eigenvalue weighted by Crippen LogP contribution is -2.33. The van der Waals surface area contributed by atoms with Crippen LogP contribution in [0, 0.1) is 11.6 Å². The molecule has 0 saturated heterocycles. The average Bonchev–Trinajstić information content (AvgIpc) is 2.39. The van der Waals surface area contributed by atoms with Gasteiger partial charge in [-0.1, -0.05) is 19.9 Å². The largest absolute Gasteiger partial charge is 0.330 e. The van der Waals surface area contributed by atoms with E-state index in [4.69, 9.17) is 5.73 Å². The van der Waals surface area contributed by atoms with E-state index in [1.165, 1.54) is 12.1 Å². The second kappa shape index (κ2) is 8.23. The fourth-order valence-corrected chi connectivity index (χ4v) is 2.32. The summed E-state index contributed by atoms with van der Waals surface area (Å²) in [6, 6.07) is 4.08. The molecule has 19 heavy (non-hydrogen) atoms. The molecule has 4 heteroatoms. The summed E-state index contributed by atoms with van der Waals surface area (Å²) in [4.78, 5) is 2.33. The molecule has 0 bridgehead atoms. The Morgan fingerprint density at radius 1 is 1.11 bits per heavy atom. The summed E-state index contributed by atoms with van der Waals surface area (Å²) in [7, 11) is 0. The molecule has 1 aromatic carbocycles. The lowest BCUT2D eigenvalue weighted by Gasteiger charge is -2.26. The highest BCUT2D eigenvalue weighted by molar-refractivity contribution is 5.22. The number of hydrogen-bond donors (Lipinski definition) is 1. The van der Waals surface area contributed by atoms with Gasteiger partial charge in [0, 0.05) is 19.0 Å². The minimum absolute atomic E-state index is 0.0493. The summed E-state index contributed by atoms with van der Waals surface area (Å²) in [6.45, 7) is 7.52. The van der Waals surface area contributed by atoms with Gasteiger partial charge in [-0.2, -0.15) is 0 Å². The topological polar surface area (TPSA) is 29.3 Å². The summed E-state index contributed by atoms with van der Waals surface area (Å²) in [6.07, 6.45) is 2.16. The lowest BCUT2D eigenvalue weighted by molar-refractivity contribution is 0.258. The third kappa shape index (κ3) is 4.88. The van der Waals surface area contributed by atoms with Gasteiger partial charge in [-0.3, -0.25) is 0 Å². The van der Waals surface area contributed by atoms with E-state index < -0.39 is 11.6 Å². The molecule has 0 spiro atoms.